The van der Waals surface area contributed by atoms with Crippen LogP contribution in [0.25, 0.3) is 0 Å². The van der Waals surface area contributed by atoms with E-state index in [9.17, 15) is 9.90 Å². The van der Waals surface area contributed by atoms with Gasteiger partial charge in [-0.1, -0.05) is 37.9 Å². The lowest BCUT2D eigenvalue weighted by Gasteiger charge is -2.08. The van der Waals surface area contributed by atoms with Crippen LogP contribution in [-0.4, -0.2) is 11.0 Å². The number of anilines is 1. The summed E-state index contributed by atoms with van der Waals surface area (Å²) < 4.78 is 1.61. The minimum atomic E-state index is -0.277. The molecule has 3 nitrogen and oxygen atoms in total. The van der Waals surface area contributed by atoms with Gasteiger partial charge in [-0.3, -0.25) is 4.79 Å². The van der Waals surface area contributed by atoms with Gasteiger partial charge in [-0.05, 0) is 42.8 Å². The Bertz CT molecular complexity index is 621. The van der Waals surface area contributed by atoms with E-state index in [1.54, 1.807) is 24.3 Å². The number of carbonyl (C=O) groups excluding carboxylic acids is 1. The molecular weight excluding hydrogens is 374 g/mol. The van der Waals surface area contributed by atoms with Gasteiger partial charge in [-0.15, -0.1) is 0 Å². The molecule has 2 rings (SSSR count). The van der Waals surface area contributed by atoms with E-state index in [0.717, 1.165) is 14.5 Å². The summed E-state index contributed by atoms with van der Waals surface area (Å²) in [7, 11) is 0. The average Bonchev–Trinajstić information content (AvgIpc) is 2.31. The predicted molar refractivity (Wildman–Crippen MR) is 82.6 cm³/mol. The number of aromatic hydroxyl groups is 1. The molecule has 0 aliphatic carbocycles. The van der Waals surface area contributed by atoms with E-state index >= 15 is 0 Å². The Morgan fingerprint density at radius 3 is 2.32 bits per heavy atom. The number of nitrogens with one attached hydrogen (secondary N) is 1. The van der Waals surface area contributed by atoms with E-state index in [0.29, 0.717) is 11.3 Å². The maximum Gasteiger partial charge on any atom is 0.255 e. The number of phenols is 1. The molecule has 2 N–H and O–H groups in total. The fourth-order valence-corrected chi connectivity index (χ4v) is 2.92. The average molecular weight is 385 g/mol. The number of halogens is 2. The largest absolute Gasteiger partial charge is 0.506 e. The molecule has 0 fully saturated rings. The van der Waals surface area contributed by atoms with Gasteiger partial charge in [0.05, 0.1) is 5.69 Å². The Hall–Kier alpha value is -1.33. The summed E-state index contributed by atoms with van der Waals surface area (Å²) in [5, 5.41) is 12.4. The first-order chi connectivity index (χ1) is 8.95. The van der Waals surface area contributed by atoms with Crippen LogP contribution in [-0.2, 0) is 0 Å². The number of amides is 1. The highest BCUT2D eigenvalue weighted by molar-refractivity contribution is 9.11. The number of hydrogen-bond acceptors (Lipinski definition) is 2. The van der Waals surface area contributed by atoms with Crippen LogP contribution in [0.4, 0.5) is 5.69 Å². The number of phenolic OH excluding ortho intramolecular Hbond substituents is 1. The Morgan fingerprint density at radius 1 is 1.11 bits per heavy atom. The summed E-state index contributed by atoms with van der Waals surface area (Å²) in [5.41, 5.74) is 1.83. The van der Waals surface area contributed by atoms with Crippen molar-refractivity contribution < 1.29 is 9.90 Å². The summed E-state index contributed by atoms with van der Waals surface area (Å²) in [6.45, 7) is 1.87. The van der Waals surface area contributed by atoms with Crippen LogP contribution in [0.5, 0.6) is 5.75 Å². The minimum absolute atomic E-state index is 0.0578. The zero-order valence-electron chi connectivity index (χ0n) is 10.1. The lowest BCUT2D eigenvalue weighted by atomic mass is 10.2. The molecule has 0 spiro atoms. The molecule has 0 unspecified atom stereocenters. The smallest absolute Gasteiger partial charge is 0.255 e. The third-order valence-electron chi connectivity index (χ3n) is 2.53. The number of aryl methyl sites for hydroxylation is 1. The van der Waals surface area contributed by atoms with Gasteiger partial charge in [0.2, 0.25) is 0 Å². The highest BCUT2D eigenvalue weighted by Crippen LogP contribution is 2.25. The first kappa shape index (κ1) is 14.1. The third kappa shape index (κ3) is 3.58. The van der Waals surface area contributed by atoms with E-state index in [4.69, 9.17) is 0 Å². The van der Waals surface area contributed by atoms with Crippen molar-refractivity contribution >= 4 is 43.5 Å². The van der Waals surface area contributed by atoms with E-state index in [-0.39, 0.29) is 11.7 Å². The van der Waals surface area contributed by atoms with Gasteiger partial charge in [-0.25, -0.2) is 0 Å². The molecular formula is C14H11Br2NO2. The van der Waals surface area contributed by atoms with Crippen LogP contribution in [0.15, 0.2) is 45.3 Å². The molecule has 0 aromatic heterocycles. The molecule has 5 heteroatoms. The molecule has 0 saturated heterocycles. The standard InChI is InChI=1S/C14H11Br2NO2/c1-8-2-3-12(13(18)4-8)17-14(19)9-5-10(15)7-11(16)6-9/h2-7,18H,1H3,(H,17,19). The second-order valence-corrected chi connectivity index (χ2v) is 5.96. The lowest BCUT2D eigenvalue weighted by Crippen LogP contribution is -2.12. The zero-order valence-corrected chi connectivity index (χ0v) is 13.2. The first-order valence-corrected chi connectivity index (χ1v) is 7.11. The van der Waals surface area contributed by atoms with Gasteiger partial charge in [0.1, 0.15) is 5.75 Å². The van der Waals surface area contributed by atoms with Crippen molar-refractivity contribution in [2.45, 2.75) is 6.92 Å². The maximum absolute atomic E-state index is 12.1. The van der Waals surface area contributed by atoms with Crippen LogP contribution in [0.1, 0.15) is 15.9 Å². The maximum atomic E-state index is 12.1. The number of hydrogen-bond donors (Lipinski definition) is 2. The fraction of sp³-hybridized carbons (Fsp3) is 0.0714. The Morgan fingerprint density at radius 2 is 1.74 bits per heavy atom. The van der Waals surface area contributed by atoms with Gasteiger partial charge in [0.25, 0.3) is 5.91 Å². The molecule has 0 atom stereocenters. The third-order valence-corrected chi connectivity index (χ3v) is 3.44. The number of benzene rings is 2. The van der Waals surface area contributed by atoms with Crippen molar-refractivity contribution in [1.29, 1.82) is 0 Å². The molecule has 0 saturated carbocycles. The van der Waals surface area contributed by atoms with E-state index in [1.807, 2.05) is 19.1 Å². The molecule has 1 amide bonds. The zero-order chi connectivity index (χ0) is 14.0. The summed E-state index contributed by atoms with van der Waals surface area (Å²) in [4.78, 5) is 12.1. The van der Waals surface area contributed by atoms with E-state index < -0.39 is 0 Å². The van der Waals surface area contributed by atoms with Crippen molar-refractivity contribution in [3.63, 3.8) is 0 Å². The minimum Gasteiger partial charge on any atom is -0.506 e. The van der Waals surface area contributed by atoms with Gasteiger partial charge < -0.3 is 10.4 Å². The van der Waals surface area contributed by atoms with Crippen LogP contribution >= 0.6 is 31.9 Å². The molecule has 0 bridgehead atoms. The molecule has 0 aliphatic heterocycles. The molecule has 2 aromatic carbocycles. The quantitative estimate of drug-likeness (QED) is 0.750. The normalized spacial score (nSPS) is 10.3. The number of rotatable bonds is 2. The molecule has 0 heterocycles. The Labute approximate surface area is 127 Å². The second-order valence-electron chi connectivity index (χ2n) is 4.13. The van der Waals surface area contributed by atoms with Crippen LogP contribution in [0, 0.1) is 6.92 Å². The second kappa shape index (κ2) is 5.75. The number of carbonyl (C=O) groups is 1. The molecule has 2 aromatic rings. The monoisotopic (exact) mass is 383 g/mol. The van der Waals surface area contributed by atoms with Gasteiger partial charge in [0.15, 0.2) is 0 Å². The summed E-state index contributed by atoms with van der Waals surface area (Å²) in [6.07, 6.45) is 0. The molecule has 0 aliphatic rings. The Balaban J connectivity index is 2.25. The van der Waals surface area contributed by atoms with Gasteiger partial charge in [0, 0.05) is 14.5 Å². The Kier molecular flexibility index (Phi) is 4.27. The molecule has 0 radical (unpaired) electrons. The molecule has 19 heavy (non-hydrogen) atoms. The van der Waals surface area contributed by atoms with Gasteiger partial charge >= 0.3 is 0 Å². The topological polar surface area (TPSA) is 49.3 Å². The predicted octanol–water partition coefficient (Wildman–Crippen LogP) is 4.48. The highest BCUT2D eigenvalue weighted by atomic mass is 79.9. The molecule has 98 valence electrons. The first-order valence-electron chi connectivity index (χ1n) is 5.53. The van der Waals surface area contributed by atoms with Gasteiger partial charge in [-0.2, -0.15) is 0 Å². The van der Waals surface area contributed by atoms with E-state index in [1.165, 1.54) is 0 Å². The summed E-state index contributed by atoms with van der Waals surface area (Å²) in [5.74, 6) is -0.219. The summed E-state index contributed by atoms with van der Waals surface area (Å²) >= 11 is 6.66. The van der Waals surface area contributed by atoms with E-state index in [2.05, 4.69) is 37.2 Å². The van der Waals surface area contributed by atoms with Crippen molar-refractivity contribution in [1.82, 2.24) is 0 Å². The highest BCUT2D eigenvalue weighted by Gasteiger charge is 2.10. The fourth-order valence-electron chi connectivity index (χ4n) is 1.63. The summed E-state index contributed by atoms with van der Waals surface area (Å²) in [6, 6.07) is 10.4. The van der Waals surface area contributed by atoms with Crippen molar-refractivity contribution in [2.24, 2.45) is 0 Å². The van der Waals surface area contributed by atoms with Crippen LogP contribution in [0.3, 0.4) is 0 Å². The van der Waals surface area contributed by atoms with Crippen molar-refractivity contribution in [2.75, 3.05) is 5.32 Å². The lowest BCUT2D eigenvalue weighted by molar-refractivity contribution is 0.102. The van der Waals surface area contributed by atoms with Crippen molar-refractivity contribution in [3.8, 4) is 5.75 Å². The van der Waals surface area contributed by atoms with Crippen LogP contribution < -0.4 is 5.32 Å². The van der Waals surface area contributed by atoms with Crippen LogP contribution in [0.2, 0.25) is 0 Å². The van der Waals surface area contributed by atoms with Crippen molar-refractivity contribution in [3.05, 3.63) is 56.5 Å². The SMILES string of the molecule is Cc1ccc(NC(=O)c2cc(Br)cc(Br)c2)c(O)c1.